The number of hydrogen-bond donors (Lipinski definition) is 1. The monoisotopic (exact) mass is 232 g/mol. The summed E-state index contributed by atoms with van der Waals surface area (Å²) < 4.78 is 18.4. The van der Waals surface area contributed by atoms with Crippen LogP contribution in [0.5, 0.6) is 0 Å². The molecule has 0 heterocycles. The number of halogens is 2. The van der Waals surface area contributed by atoms with E-state index in [-0.39, 0.29) is 11.6 Å². The molecule has 84 valence electrons. The van der Waals surface area contributed by atoms with E-state index in [1.54, 1.807) is 19.2 Å². The Morgan fingerprint density at radius 2 is 2.20 bits per heavy atom. The zero-order chi connectivity index (χ0) is 11.3. The number of aryl methyl sites for hydroxylation is 1. The highest BCUT2D eigenvalue weighted by atomic mass is 35.5. The van der Waals surface area contributed by atoms with Gasteiger partial charge in [0.25, 0.3) is 0 Å². The average Bonchev–Trinajstić information content (AvgIpc) is 2.21. The van der Waals surface area contributed by atoms with Gasteiger partial charge in [0.2, 0.25) is 0 Å². The van der Waals surface area contributed by atoms with Crippen molar-refractivity contribution in [3.05, 3.63) is 34.1 Å². The third-order valence-corrected chi connectivity index (χ3v) is 2.35. The van der Waals surface area contributed by atoms with Crippen LogP contribution in [0.15, 0.2) is 12.1 Å². The number of aliphatic hydroxyl groups is 1. The minimum Gasteiger partial charge on any atom is -0.396 e. The summed E-state index contributed by atoms with van der Waals surface area (Å²) in [6.07, 6.45) is 1.02. The number of aliphatic hydroxyl groups excluding tert-OH is 1. The second-order valence-electron chi connectivity index (χ2n) is 3.31. The lowest BCUT2D eigenvalue weighted by molar-refractivity contribution is 0.184. The zero-order valence-electron chi connectivity index (χ0n) is 8.59. The molecule has 1 aromatic rings. The lowest BCUT2D eigenvalue weighted by Crippen LogP contribution is -1.98. The molecule has 2 nitrogen and oxygen atoms in total. The van der Waals surface area contributed by atoms with Gasteiger partial charge in [0.15, 0.2) is 0 Å². The summed E-state index contributed by atoms with van der Waals surface area (Å²) in [7, 11) is 1.57. The van der Waals surface area contributed by atoms with Gasteiger partial charge in [0.1, 0.15) is 5.82 Å². The van der Waals surface area contributed by atoms with Crippen molar-refractivity contribution in [2.24, 2.45) is 0 Å². The maximum atomic E-state index is 13.5. The van der Waals surface area contributed by atoms with Gasteiger partial charge in [-0.2, -0.15) is 0 Å². The van der Waals surface area contributed by atoms with Crippen molar-refractivity contribution in [2.75, 3.05) is 13.7 Å². The van der Waals surface area contributed by atoms with Gasteiger partial charge in [0, 0.05) is 13.7 Å². The average molecular weight is 233 g/mol. The summed E-state index contributed by atoms with van der Waals surface area (Å²) in [5, 5.41) is 8.79. The molecule has 0 aromatic heterocycles. The minimum absolute atomic E-state index is 0.0472. The van der Waals surface area contributed by atoms with E-state index in [0.29, 0.717) is 25.0 Å². The molecule has 0 spiro atoms. The molecule has 1 N–H and O–H groups in total. The fraction of sp³-hybridized carbons (Fsp3) is 0.455. The van der Waals surface area contributed by atoms with Gasteiger partial charge in [-0.1, -0.05) is 17.7 Å². The summed E-state index contributed by atoms with van der Waals surface area (Å²) in [6.45, 7) is 0.456. The van der Waals surface area contributed by atoms with Gasteiger partial charge < -0.3 is 9.84 Å². The quantitative estimate of drug-likeness (QED) is 0.846. The van der Waals surface area contributed by atoms with Crippen LogP contribution >= 0.6 is 11.6 Å². The van der Waals surface area contributed by atoms with E-state index >= 15 is 0 Å². The second kappa shape index (κ2) is 6.05. The number of hydrogen-bond acceptors (Lipinski definition) is 2. The van der Waals surface area contributed by atoms with E-state index in [9.17, 15) is 4.39 Å². The summed E-state index contributed by atoms with van der Waals surface area (Å²) in [6, 6.07) is 3.28. The Hall–Kier alpha value is -0.640. The number of ether oxygens (including phenoxy) is 1. The van der Waals surface area contributed by atoms with E-state index in [1.807, 2.05) is 0 Å². The van der Waals surface area contributed by atoms with Crippen molar-refractivity contribution >= 4 is 11.6 Å². The number of benzene rings is 1. The number of rotatable bonds is 5. The third kappa shape index (κ3) is 3.45. The minimum atomic E-state index is -0.398. The van der Waals surface area contributed by atoms with Crippen molar-refractivity contribution in [2.45, 2.75) is 19.4 Å². The summed E-state index contributed by atoms with van der Waals surface area (Å²) in [5.74, 6) is -0.398. The molecule has 0 saturated heterocycles. The molecule has 0 aliphatic rings. The molecule has 0 saturated carbocycles. The van der Waals surface area contributed by atoms with Crippen LogP contribution in [0.1, 0.15) is 17.5 Å². The van der Waals surface area contributed by atoms with Crippen molar-refractivity contribution in [1.82, 2.24) is 0 Å². The normalized spacial score (nSPS) is 10.7. The fourth-order valence-corrected chi connectivity index (χ4v) is 1.67. The van der Waals surface area contributed by atoms with Crippen LogP contribution in [-0.4, -0.2) is 18.8 Å². The van der Waals surface area contributed by atoms with Crippen LogP contribution in [0.2, 0.25) is 5.02 Å². The van der Waals surface area contributed by atoms with Crippen LogP contribution in [0.3, 0.4) is 0 Å². The molecule has 1 aromatic carbocycles. The standard InChI is InChI=1S/C11H14ClFO2/c1-15-7-8-5-9(3-2-4-14)11(13)10(12)6-8/h5-6,14H,2-4,7H2,1H3. The Labute approximate surface area is 93.6 Å². The van der Waals surface area contributed by atoms with Crippen molar-refractivity contribution in [3.63, 3.8) is 0 Å². The topological polar surface area (TPSA) is 29.5 Å². The Bertz CT molecular complexity index is 329. The zero-order valence-corrected chi connectivity index (χ0v) is 9.35. The lowest BCUT2D eigenvalue weighted by Gasteiger charge is -2.07. The van der Waals surface area contributed by atoms with Crippen molar-refractivity contribution in [3.8, 4) is 0 Å². The van der Waals surface area contributed by atoms with E-state index in [4.69, 9.17) is 21.4 Å². The van der Waals surface area contributed by atoms with Gasteiger partial charge in [-0.05, 0) is 30.0 Å². The first-order valence-electron chi connectivity index (χ1n) is 4.75. The molecule has 0 amide bonds. The first-order valence-corrected chi connectivity index (χ1v) is 5.13. The predicted molar refractivity (Wildman–Crippen MR) is 57.5 cm³/mol. The Morgan fingerprint density at radius 3 is 2.80 bits per heavy atom. The van der Waals surface area contributed by atoms with Crippen LogP contribution in [-0.2, 0) is 17.8 Å². The van der Waals surface area contributed by atoms with Crippen LogP contribution in [0.25, 0.3) is 0 Å². The van der Waals surface area contributed by atoms with E-state index in [1.165, 1.54) is 0 Å². The maximum absolute atomic E-state index is 13.5. The smallest absolute Gasteiger partial charge is 0.144 e. The highest BCUT2D eigenvalue weighted by molar-refractivity contribution is 6.30. The molecule has 0 aliphatic carbocycles. The summed E-state index contributed by atoms with van der Waals surface area (Å²) in [4.78, 5) is 0. The van der Waals surface area contributed by atoms with Crippen LogP contribution in [0.4, 0.5) is 4.39 Å². The van der Waals surface area contributed by atoms with Crippen LogP contribution < -0.4 is 0 Å². The Kier molecular flexibility index (Phi) is 5.02. The van der Waals surface area contributed by atoms with E-state index < -0.39 is 5.82 Å². The highest BCUT2D eigenvalue weighted by Crippen LogP contribution is 2.22. The van der Waals surface area contributed by atoms with Gasteiger partial charge >= 0.3 is 0 Å². The Balaban J connectivity index is 2.91. The molecule has 0 atom stereocenters. The Morgan fingerprint density at radius 1 is 1.47 bits per heavy atom. The van der Waals surface area contributed by atoms with Gasteiger partial charge in [-0.25, -0.2) is 4.39 Å². The molecule has 0 fully saturated rings. The largest absolute Gasteiger partial charge is 0.396 e. The summed E-state index contributed by atoms with van der Waals surface area (Å²) in [5.41, 5.74) is 1.38. The van der Waals surface area contributed by atoms with Gasteiger partial charge in [-0.3, -0.25) is 0 Å². The molecule has 4 heteroatoms. The van der Waals surface area contributed by atoms with Gasteiger partial charge in [-0.15, -0.1) is 0 Å². The molecule has 0 bridgehead atoms. The van der Waals surface area contributed by atoms with Gasteiger partial charge in [0.05, 0.1) is 11.6 Å². The fourth-order valence-electron chi connectivity index (χ4n) is 1.41. The molecule has 1 rings (SSSR count). The van der Waals surface area contributed by atoms with Crippen molar-refractivity contribution < 1.29 is 14.2 Å². The SMILES string of the molecule is COCc1cc(Cl)c(F)c(CCCO)c1. The van der Waals surface area contributed by atoms with E-state index in [2.05, 4.69) is 0 Å². The lowest BCUT2D eigenvalue weighted by atomic mass is 10.1. The molecule has 0 aliphatic heterocycles. The predicted octanol–water partition coefficient (Wildman–Crippen LogP) is 2.55. The highest BCUT2D eigenvalue weighted by Gasteiger charge is 2.08. The first kappa shape index (κ1) is 12.4. The molecular weight excluding hydrogens is 219 g/mol. The molecular formula is C11H14ClFO2. The molecule has 0 unspecified atom stereocenters. The molecule has 0 radical (unpaired) electrons. The first-order chi connectivity index (χ1) is 7.19. The van der Waals surface area contributed by atoms with E-state index in [0.717, 1.165) is 5.56 Å². The van der Waals surface area contributed by atoms with Crippen molar-refractivity contribution in [1.29, 1.82) is 0 Å². The third-order valence-electron chi connectivity index (χ3n) is 2.08. The number of methoxy groups -OCH3 is 1. The maximum Gasteiger partial charge on any atom is 0.144 e. The molecule has 15 heavy (non-hydrogen) atoms. The second-order valence-corrected chi connectivity index (χ2v) is 3.72. The van der Waals surface area contributed by atoms with Crippen LogP contribution in [0, 0.1) is 5.82 Å². The summed E-state index contributed by atoms with van der Waals surface area (Å²) >= 11 is 5.74.